The van der Waals surface area contributed by atoms with Gasteiger partial charge in [-0.15, -0.1) is 0 Å². The van der Waals surface area contributed by atoms with Gasteiger partial charge < -0.3 is 20.1 Å². The first-order chi connectivity index (χ1) is 15.1. The van der Waals surface area contributed by atoms with E-state index in [0.717, 1.165) is 36.0 Å². The molecule has 33 heavy (non-hydrogen) atoms. The van der Waals surface area contributed by atoms with E-state index >= 15 is 0 Å². The zero-order valence-electron chi connectivity index (χ0n) is 21.4. The van der Waals surface area contributed by atoms with Crippen molar-refractivity contribution < 1.29 is 24.9 Å². The molecule has 2 aliphatic rings. The lowest BCUT2D eigenvalue weighted by molar-refractivity contribution is -0.175. The van der Waals surface area contributed by atoms with E-state index in [4.69, 9.17) is 4.74 Å². The van der Waals surface area contributed by atoms with Crippen LogP contribution in [0.25, 0.3) is 0 Å². The van der Waals surface area contributed by atoms with Gasteiger partial charge in [-0.3, -0.25) is 4.79 Å². The van der Waals surface area contributed by atoms with Crippen LogP contribution in [0.5, 0.6) is 11.5 Å². The number of ketones is 1. The third-order valence-corrected chi connectivity index (χ3v) is 8.49. The van der Waals surface area contributed by atoms with Gasteiger partial charge in [-0.05, 0) is 89.3 Å². The number of hydrogen-bond acceptors (Lipinski definition) is 5. The molecule has 0 heterocycles. The van der Waals surface area contributed by atoms with Crippen LogP contribution in [0.3, 0.4) is 0 Å². The average molecular weight is 459 g/mol. The van der Waals surface area contributed by atoms with Gasteiger partial charge in [0.15, 0.2) is 0 Å². The van der Waals surface area contributed by atoms with Gasteiger partial charge in [0.25, 0.3) is 0 Å². The fourth-order valence-electron chi connectivity index (χ4n) is 6.44. The highest BCUT2D eigenvalue weighted by Gasteiger charge is 2.64. The molecule has 0 saturated heterocycles. The predicted molar refractivity (Wildman–Crippen MR) is 131 cm³/mol. The highest BCUT2D eigenvalue weighted by Crippen LogP contribution is 2.63. The fourth-order valence-corrected chi connectivity index (χ4v) is 6.44. The molecule has 2 fully saturated rings. The molecule has 5 nitrogen and oxygen atoms in total. The van der Waals surface area contributed by atoms with Crippen LogP contribution in [0.2, 0.25) is 0 Å². The van der Waals surface area contributed by atoms with Gasteiger partial charge in [-0.2, -0.15) is 0 Å². The van der Waals surface area contributed by atoms with Crippen molar-refractivity contribution in [3.05, 3.63) is 34.9 Å². The molecule has 2 saturated carbocycles. The second-order valence-electron chi connectivity index (χ2n) is 11.8. The van der Waals surface area contributed by atoms with Crippen LogP contribution in [0, 0.1) is 23.7 Å². The van der Waals surface area contributed by atoms with Crippen molar-refractivity contribution in [1.29, 1.82) is 0 Å². The van der Waals surface area contributed by atoms with Gasteiger partial charge in [-0.1, -0.05) is 31.9 Å². The molecule has 0 spiro atoms. The largest absolute Gasteiger partial charge is 0.507 e. The average Bonchev–Trinajstić information content (AvgIpc) is 3.00. The van der Waals surface area contributed by atoms with E-state index in [-0.39, 0.29) is 23.4 Å². The molecule has 5 heteroatoms. The Labute approximate surface area is 198 Å². The zero-order chi connectivity index (χ0) is 24.8. The minimum absolute atomic E-state index is 0.104. The predicted octanol–water partition coefficient (Wildman–Crippen LogP) is 5.27. The number of methoxy groups -OCH3 is 1. The quantitative estimate of drug-likeness (QED) is 0.485. The lowest BCUT2D eigenvalue weighted by Crippen LogP contribution is -2.60. The molecule has 3 rings (SSSR count). The van der Waals surface area contributed by atoms with Crippen LogP contribution in [-0.4, -0.2) is 39.4 Å². The number of phenols is 1. The molecular formula is C28H42O5. The minimum Gasteiger partial charge on any atom is -0.507 e. The normalized spacial score (nSPS) is 32.7. The summed E-state index contributed by atoms with van der Waals surface area (Å²) in [5, 5.41) is 33.0. The van der Waals surface area contributed by atoms with E-state index in [0.29, 0.717) is 25.0 Å². The Kier molecular flexibility index (Phi) is 6.82. The molecule has 0 radical (unpaired) electrons. The molecule has 0 amide bonds. The van der Waals surface area contributed by atoms with Gasteiger partial charge in [0.05, 0.1) is 24.2 Å². The van der Waals surface area contributed by atoms with Crippen molar-refractivity contribution in [3.63, 3.8) is 0 Å². The fraction of sp³-hybridized carbons (Fsp3) is 0.679. The highest BCUT2D eigenvalue weighted by atomic mass is 16.5. The summed E-state index contributed by atoms with van der Waals surface area (Å²) in [6.45, 7) is 11.5. The van der Waals surface area contributed by atoms with E-state index < -0.39 is 22.5 Å². The van der Waals surface area contributed by atoms with Crippen molar-refractivity contribution in [2.45, 2.75) is 97.7 Å². The molecule has 3 N–H and O–H groups in total. The molecule has 184 valence electrons. The van der Waals surface area contributed by atoms with Crippen LogP contribution in [-0.2, 0) is 11.2 Å². The number of carbonyl (C=O) groups is 1. The molecule has 0 bridgehead atoms. The molecule has 0 aromatic heterocycles. The Morgan fingerprint density at radius 2 is 1.94 bits per heavy atom. The lowest BCUT2D eigenvalue weighted by Gasteiger charge is -2.55. The van der Waals surface area contributed by atoms with Crippen LogP contribution < -0.4 is 4.74 Å². The van der Waals surface area contributed by atoms with Gasteiger partial charge in [0.1, 0.15) is 17.3 Å². The van der Waals surface area contributed by atoms with Crippen molar-refractivity contribution >= 4 is 5.78 Å². The Hall–Kier alpha value is -1.85. The van der Waals surface area contributed by atoms with E-state index in [2.05, 4.69) is 13.8 Å². The Balaban J connectivity index is 1.90. The first-order valence-corrected chi connectivity index (χ1v) is 12.2. The third kappa shape index (κ3) is 4.85. The van der Waals surface area contributed by atoms with E-state index in [9.17, 15) is 20.1 Å². The maximum absolute atomic E-state index is 13.8. The number of aryl methyl sites for hydroxylation is 1. The Bertz CT molecular complexity index is 942. The first-order valence-electron chi connectivity index (χ1n) is 12.2. The molecule has 1 aromatic carbocycles. The smallest absolute Gasteiger partial charge is 0.145 e. The number of hydrogen-bond donors (Lipinski definition) is 3. The third-order valence-electron chi connectivity index (χ3n) is 8.49. The monoisotopic (exact) mass is 458 g/mol. The van der Waals surface area contributed by atoms with E-state index in [1.807, 2.05) is 26.0 Å². The number of ether oxygens (including phenoxy) is 1. The van der Waals surface area contributed by atoms with Crippen molar-refractivity contribution in [3.8, 4) is 11.5 Å². The number of fused-ring (bicyclic) bond motifs is 1. The summed E-state index contributed by atoms with van der Waals surface area (Å²) in [5.74, 6) is 0.443. The molecule has 2 aliphatic carbocycles. The van der Waals surface area contributed by atoms with Crippen LogP contribution in [0.15, 0.2) is 23.8 Å². The maximum Gasteiger partial charge on any atom is 0.145 e. The summed E-state index contributed by atoms with van der Waals surface area (Å²) in [4.78, 5) is 13.8. The van der Waals surface area contributed by atoms with Crippen LogP contribution in [0.1, 0.15) is 84.3 Å². The Morgan fingerprint density at radius 1 is 1.27 bits per heavy atom. The Morgan fingerprint density at radius 3 is 2.55 bits per heavy atom. The molecule has 0 aliphatic heterocycles. The van der Waals surface area contributed by atoms with Gasteiger partial charge >= 0.3 is 0 Å². The first kappa shape index (κ1) is 25.8. The van der Waals surface area contributed by atoms with Crippen LogP contribution >= 0.6 is 0 Å². The second-order valence-corrected chi connectivity index (χ2v) is 11.8. The summed E-state index contributed by atoms with van der Waals surface area (Å²) in [5.41, 5.74) is -0.446. The number of carbonyl (C=O) groups excluding carboxylic acids is 1. The SMILES string of the molecule is COc1cc(C)c(O)c(C/C=C(\C)C[C@]2(O)C[C@@]3(C)CCC[C@]3(C)C(=O)[C@@H]2CC(C)(C)O)c1. The number of aliphatic hydroxyl groups is 2. The summed E-state index contributed by atoms with van der Waals surface area (Å²) >= 11 is 0. The zero-order valence-corrected chi connectivity index (χ0v) is 21.4. The van der Waals surface area contributed by atoms with Gasteiger partial charge in [0.2, 0.25) is 0 Å². The highest BCUT2D eigenvalue weighted by molar-refractivity contribution is 5.90. The number of phenolic OH excluding ortho intramolecular Hbond substituents is 1. The number of Topliss-reactive ketones (excluding diaryl/α,β-unsaturated/α-hetero) is 1. The lowest BCUT2D eigenvalue weighted by atomic mass is 9.50. The summed E-state index contributed by atoms with van der Waals surface area (Å²) in [7, 11) is 1.60. The van der Waals surface area contributed by atoms with Gasteiger partial charge in [0, 0.05) is 11.0 Å². The standard InChI is InChI=1S/C28H42O5/c1-18(9-10-20-14-21(33-7)13-19(2)23(20)29)15-28(32)17-26(5)11-8-12-27(26,6)24(30)22(28)16-25(3,4)31/h9,13-14,22,29,31-32H,8,10-12,15-17H2,1-7H3/b18-9+/t22-,26+,27+,28-/m0/s1. The summed E-state index contributed by atoms with van der Waals surface area (Å²) in [6.07, 6.45) is 6.47. The van der Waals surface area contributed by atoms with E-state index in [1.54, 1.807) is 27.0 Å². The molecule has 0 unspecified atom stereocenters. The van der Waals surface area contributed by atoms with Crippen molar-refractivity contribution in [2.75, 3.05) is 7.11 Å². The summed E-state index contributed by atoms with van der Waals surface area (Å²) in [6, 6.07) is 3.62. The number of aromatic hydroxyl groups is 1. The van der Waals surface area contributed by atoms with Gasteiger partial charge in [-0.25, -0.2) is 0 Å². The molecule has 4 atom stereocenters. The number of benzene rings is 1. The maximum atomic E-state index is 13.8. The van der Waals surface area contributed by atoms with Crippen molar-refractivity contribution in [2.24, 2.45) is 16.7 Å². The van der Waals surface area contributed by atoms with E-state index in [1.165, 1.54) is 0 Å². The summed E-state index contributed by atoms with van der Waals surface area (Å²) < 4.78 is 5.33. The molecular weight excluding hydrogens is 416 g/mol. The topological polar surface area (TPSA) is 87.0 Å². The van der Waals surface area contributed by atoms with Crippen molar-refractivity contribution in [1.82, 2.24) is 0 Å². The number of rotatable bonds is 7. The second kappa shape index (κ2) is 8.74. The number of allylic oxidation sites excluding steroid dienone is 1. The minimum atomic E-state index is -1.21. The molecule has 1 aromatic rings. The van der Waals surface area contributed by atoms with Crippen LogP contribution in [0.4, 0.5) is 0 Å².